The molecule has 0 saturated heterocycles. The third kappa shape index (κ3) is 1.12. The quantitative estimate of drug-likeness (QED) is 0.590. The number of aromatic nitrogens is 3. The summed E-state index contributed by atoms with van der Waals surface area (Å²) in [5, 5.41) is 0.188. The topological polar surface area (TPSA) is 67.8 Å². The summed E-state index contributed by atoms with van der Waals surface area (Å²) >= 11 is 0. The summed E-state index contributed by atoms with van der Waals surface area (Å²) in [5.41, 5.74) is -0.892. The molecule has 0 unspecified atom stereocenters. The number of aromatic amines is 1. The van der Waals surface area contributed by atoms with E-state index in [9.17, 15) is 14.0 Å². The number of hydrogen-bond donors (Lipinski definition) is 1. The van der Waals surface area contributed by atoms with Crippen LogP contribution in [0.5, 0.6) is 0 Å². The largest absolute Gasteiger partial charge is 0.296 e. The third-order valence-electron chi connectivity index (χ3n) is 1.95. The van der Waals surface area contributed by atoms with Gasteiger partial charge in [-0.05, 0) is 6.07 Å². The molecule has 0 bridgehead atoms. The van der Waals surface area contributed by atoms with Crippen molar-refractivity contribution in [1.29, 1.82) is 0 Å². The van der Waals surface area contributed by atoms with Crippen LogP contribution in [0.15, 0.2) is 21.7 Å². The van der Waals surface area contributed by atoms with E-state index < -0.39 is 11.6 Å². The predicted octanol–water partition coefficient (Wildman–Crippen LogP) is -0.239. The van der Waals surface area contributed by atoms with Crippen molar-refractivity contribution in [3.63, 3.8) is 0 Å². The van der Waals surface area contributed by atoms with Gasteiger partial charge in [0.25, 0.3) is 17.2 Å². The summed E-state index contributed by atoms with van der Waals surface area (Å²) in [6, 6.07) is 2.56. The van der Waals surface area contributed by atoms with E-state index >= 15 is 0 Å². The molecular formula is C8H6FN3O2. The van der Waals surface area contributed by atoms with Gasteiger partial charge < -0.3 is 0 Å². The van der Waals surface area contributed by atoms with Crippen LogP contribution in [-0.4, -0.2) is 14.5 Å². The lowest BCUT2D eigenvalue weighted by atomic mass is 10.3. The Morgan fingerprint density at radius 1 is 1.43 bits per heavy atom. The van der Waals surface area contributed by atoms with Gasteiger partial charge in [0.2, 0.25) is 0 Å². The Morgan fingerprint density at radius 2 is 2.14 bits per heavy atom. The number of fused-ring (bicyclic) bond motifs is 1. The van der Waals surface area contributed by atoms with Crippen molar-refractivity contribution in [3.05, 3.63) is 38.9 Å². The smallest absolute Gasteiger partial charge is 0.291 e. The number of hydrogen-bond acceptors (Lipinski definition) is 3. The maximum Gasteiger partial charge on any atom is 0.291 e. The maximum absolute atomic E-state index is 12.7. The number of H-pyrrole nitrogens is 1. The van der Waals surface area contributed by atoms with E-state index in [4.69, 9.17) is 0 Å². The predicted molar refractivity (Wildman–Crippen MR) is 47.6 cm³/mol. The van der Waals surface area contributed by atoms with Crippen molar-refractivity contribution in [2.75, 3.05) is 0 Å². The minimum absolute atomic E-state index is 0.0405. The second-order valence-corrected chi connectivity index (χ2v) is 2.82. The van der Waals surface area contributed by atoms with Crippen LogP contribution in [-0.2, 0) is 7.05 Å². The molecule has 0 aliphatic carbocycles. The lowest BCUT2D eigenvalue weighted by Gasteiger charge is -2.01. The first-order valence-corrected chi connectivity index (χ1v) is 3.85. The Labute approximate surface area is 76.8 Å². The molecule has 0 fully saturated rings. The van der Waals surface area contributed by atoms with E-state index in [2.05, 4.69) is 4.98 Å². The second kappa shape index (κ2) is 2.76. The number of halogens is 1. The Bertz CT molecular complexity index is 614. The molecule has 0 aromatic carbocycles. The van der Waals surface area contributed by atoms with Gasteiger partial charge in [0.15, 0.2) is 5.65 Å². The zero-order valence-electron chi connectivity index (χ0n) is 7.24. The molecule has 14 heavy (non-hydrogen) atoms. The summed E-state index contributed by atoms with van der Waals surface area (Å²) in [5.74, 6) is 0. The van der Waals surface area contributed by atoms with Gasteiger partial charge in [-0.2, -0.15) is 9.37 Å². The van der Waals surface area contributed by atoms with Crippen molar-refractivity contribution < 1.29 is 4.39 Å². The van der Waals surface area contributed by atoms with Crippen molar-refractivity contribution >= 4 is 11.0 Å². The Hall–Kier alpha value is -1.98. The first-order chi connectivity index (χ1) is 6.59. The Balaban J connectivity index is 3.10. The molecule has 0 aliphatic heterocycles. The SMILES string of the molecule is Cn1c(=O)ccc2c(=O)[nH]c(F)nc21. The molecule has 72 valence electrons. The van der Waals surface area contributed by atoms with Gasteiger partial charge in [-0.25, -0.2) is 0 Å². The molecule has 0 saturated carbocycles. The van der Waals surface area contributed by atoms with E-state index in [1.54, 1.807) is 0 Å². The van der Waals surface area contributed by atoms with Gasteiger partial charge in [-0.1, -0.05) is 0 Å². The molecule has 0 amide bonds. The highest BCUT2D eigenvalue weighted by atomic mass is 19.1. The van der Waals surface area contributed by atoms with Crippen LogP contribution < -0.4 is 11.1 Å². The highest BCUT2D eigenvalue weighted by Gasteiger charge is 2.06. The van der Waals surface area contributed by atoms with E-state index in [1.165, 1.54) is 19.2 Å². The molecule has 2 aromatic heterocycles. The highest BCUT2D eigenvalue weighted by molar-refractivity contribution is 5.73. The summed E-state index contributed by atoms with van der Waals surface area (Å²) < 4.78 is 13.8. The molecule has 2 rings (SSSR count). The summed E-state index contributed by atoms with van der Waals surface area (Å²) in [6.45, 7) is 0. The van der Waals surface area contributed by atoms with E-state index in [1.807, 2.05) is 4.98 Å². The first kappa shape index (κ1) is 8.61. The zero-order chi connectivity index (χ0) is 10.3. The molecule has 1 N–H and O–H groups in total. The standard InChI is InChI=1S/C8H6FN3O2/c1-12-5(13)3-2-4-6(12)10-8(9)11-7(4)14/h2-3H,1H3,(H,10,11,14). The van der Waals surface area contributed by atoms with Crippen molar-refractivity contribution in [1.82, 2.24) is 14.5 Å². The highest BCUT2D eigenvalue weighted by Crippen LogP contribution is 2.01. The van der Waals surface area contributed by atoms with Gasteiger partial charge in [-0.3, -0.25) is 19.1 Å². The molecule has 2 aromatic rings. The molecule has 0 radical (unpaired) electrons. The van der Waals surface area contributed by atoms with Crippen molar-refractivity contribution in [2.45, 2.75) is 0 Å². The molecule has 0 spiro atoms. The Morgan fingerprint density at radius 3 is 2.86 bits per heavy atom. The summed E-state index contributed by atoms with van der Waals surface area (Å²) in [6.07, 6.45) is -0.997. The molecule has 2 heterocycles. The van der Waals surface area contributed by atoms with Gasteiger partial charge in [0.1, 0.15) is 0 Å². The van der Waals surface area contributed by atoms with Gasteiger partial charge in [0, 0.05) is 13.1 Å². The van der Waals surface area contributed by atoms with Gasteiger partial charge >= 0.3 is 0 Å². The van der Waals surface area contributed by atoms with Crippen LogP contribution >= 0.6 is 0 Å². The second-order valence-electron chi connectivity index (χ2n) is 2.82. The van der Waals surface area contributed by atoms with Crippen LogP contribution in [0.1, 0.15) is 0 Å². The van der Waals surface area contributed by atoms with Crippen molar-refractivity contribution in [3.8, 4) is 0 Å². The maximum atomic E-state index is 12.7. The number of pyridine rings is 1. The van der Waals surface area contributed by atoms with Crippen LogP contribution in [0.25, 0.3) is 11.0 Å². The van der Waals surface area contributed by atoms with Crippen LogP contribution in [0.4, 0.5) is 4.39 Å². The monoisotopic (exact) mass is 195 g/mol. The average molecular weight is 195 g/mol. The van der Waals surface area contributed by atoms with Crippen LogP contribution in [0.2, 0.25) is 0 Å². The number of rotatable bonds is 0. The molecule has 0 aliphatic rings. The van der Waals surface area contributed by atoms with Gasteiger partial charge in [0.05, 0.1) is 5.39 Å². The summed E-state index contributed by atoms with van der Waals surface area (Å²) in [7, 11) is 1.43. The van der Waals surface area contributed by atoms with E-state index in [0.717, 1.165) is 4.57 Å². The normalized spacial score (nSPS) is 10.7. The first-order valence-electron chi connectivity index (χ1n) is 3.85. The van der Waals surface area contributed by atoms with E-state index in [0.29, 0.717) is 0 Å². The number of aryl methyl sites for hydroxylation is 1. The van der Waals surface area contributed by atoms with Crippen LogP contribution in [0.3, 0.4) is 0 Å². The molecule has 6 heteroatoms. The fraction of sp³-hybridized carbons (Fsp3) is 0.125. The summed E-state index contributed by atoms with van der Waals surface area (Å²) in [4.78, 5) is 27.7. The Kier molecular flexibility index (Phi) is 1.70. The lowest BCUT2D eigenvalue weighted by molar-refractivity contribution is 0.537. The number of nitrogens with zero attached hydrogens (tertiary/aromatic N) is 2. The van der Waals surface area contributed by atoms with E-state index in [-0.39, 0.29) is 16.6 Å². The zero-order valence-corrected chi connectivity index (χ0v) is 7.24. The molecule has 5 nitrogen and oxygen atoms in total. The third-order valence-corrected chi connectivity index (χ3v) is 1.95. The molecular weight excluding hydrogens is 189 g/mol. The van der Waals surface area contributed by atoms with Gasteiger partial charge in [-0.15, -0.1) is 0 Å². The fourth-order valence-electron chi connectivity index (χ4n) is 1.22. The minimum atomic E-state index is -0.997. The average Bonchev–Trinajstić information content (AvgIpc) is 2.12. The van der Waals surface area contributed by atoms with Crippen molar-refractivity contribution in [2.24, 2.45) is 7.05 Å². The fourth-order valence-corrected chi connectivity index (χ4v) is 1.22. The number of nitrogens with one attached hydrogen (secondary N) is 1. The van der Waals surface area contributed by atoms with Crippen LogP contribution in [0, 0.1) is 6.08 Å². The lowest BCUT2D eigenvalue weighted by Crippen LogP contribution is -2.21. The molecule has 0 atom stereocenters. The minimum Gasteiger partial charge on any atom is -0.296 e.